The summed E-state index contributed by atoms with van der Waals surface area (Å²) in [5.74, 6) is 0.493. The Bertz CT molecular complexity index is 735. The number of benzene rings is 1. The Balaban J connectivity index is 1.95. The van der Waals surface area contributed by atoms with Gasteiger partial charge in [-0.25, -0.2) is 0 Å². The minimum atomic E-state index is 0.00510. The van der Waals surface area contributed by atoms with E-state index in [9.17, 15) is 4.79 Å². The summed E-state index contributed by atoms with van der Waals surface area (Å²) >= 11 is 0. The third-order valence-corrected chi connectivity index (χ3v) is 4.71. The molecule has 1 aromatic heterocycles. The highest BCUT2D eigenvalue weighted by Gasteiger charge is 2.19. The van der Waals surface area contributed by atoms with Gasteiger partial charge in [0.2, 0.25) is 0 Å². The van der Waals surface area contributed by atoms with Crippen LogP contribution in [0.1, 0.15) is 29.9 Å². The van der Waals surface area contributed by atoms with Crippen LogP contribution in [0.25, 0.3) is 0 Å². The van der Waals surface area contributed by atoms with Gasteiger partial charge in [-0.3, -0.25) is 4.79 Å². The maximum absolute atomic E-state index is 11.8. The molecule has 0 aliphatic heterocycles. The van der Waals surface area contributed by atoms with Gasteiger partial charge in [0.1, 0.15) is 0 Å². The molecule has 0 saturated heterocycles. The van der Waals surface area contributed by atoms with Crippen LogP contribution in [0.2, 0.25) is 0 Å². The smallest absolute Gasteiger partial charge is 0.252 e. The first-order valence-electron chi connectivity index (χ1n) is 7.83. The van der Waals surface area contributed by atoms with Crippen LogP contribution in [0.3, 0.4) is 0 Å². The van der Waals surface area contributed by atoms with E-state index in [0.717, 1.165) is 24.3 Å². The molecule has 1 atom stereocenters. The number of aryl methyl sites for hydroxylation is 2. The molecule has 1 aliphatic rings. The molecule has 0 bridgehead atoms. The molecule has 0 fully saturated rings. The third kappa shape index (κ3) is 2.66. The first kappa shape index (κ1) is 14.9. The Hall–Kier alpha value is -2.07. The SMILES string of the molecule is CN(c1ccc2c(c1)CCC[C@H]2CN)c1ccn(C)c(=O)c1. The standard InChI is InChI=1S/C18H23N3O/c1-20-9-8-16(11-18(20)22)21(2)15-6-7-17-13(10-15)4-3-5-14(17)12-19/h6-11,14H,3-5,12,19H2,1-2H3/t14-/m0/s1. The van der Waals surface area contributed by atoms with Gasteiger partial charge in [-0.2, -0.15) is 0 Å². The molecule has 0 saturated carbocycles. The van der Waals surface area contributed by atoms with E-state index in [1.807, 2.05) is 13.1 Å². The van der Waals surface area contributed by atoms with Gasteiger partial charge in [-0.1, -0.05) is 6.07 Å². The predicted molar refractivity (Wildman–Crippen MR) is 90.9 cm³/mol. The van der Waals surface area contributed by atoms with E-state index >= 15 is 0 Å². The minimum Gasteiger partial charge on any atom is -0.344 e. The van der Waals surface area contributed by atoms with Crippen LogP contribution in [0.5, 0.6) is 0 Å². The summed E-state index contributed by atoms with van der Waals surface area (Å²) in [7, 11) is 3.76. The third-order valence-electron chi connectivity index (χ3n) is 4.71. The maximum atomic E-state index is 11.8. The number of rotatable bonds is 3. The van der Waals surface area contributed by atoms with Crippen molar-refractivity contribution in [2.45, 2.75) is 25.2 Å². The zero-order valence-electron chi connectivity index (χ0n) is 13.2. The van der Waals surface area contributed by atoms with Crippen molar-refractivity contribution in [3.63, 3.8) is 0 Å². The van der Waals surface area contributed by atoms with Crippen molar-refractivity contribution in [2.75, 3.05) is 18.5 Å². The second-order valence-corrected chi connectivity index (χ2v) is 6.10. The van der Waals surface area contributed by atoms with Gasteiger partial charge in [0.15, 0.2) is 0 Å². The van der Waals surface area contributed by atoms with Crippen molar-refractivity contribution in [1.29, 1.82) is 0 Å². The van der Waals surface area contributed by atoms with Crippen LogP contribution < -0.4 is 16.2 Å². The number of pyridine rings is 1. The second kappa shape index (κ2) is 5.97. The summed E-state index contributed by atoms with van der Waals surface area (Å²) in [6.45, 7) is 0.719. The molecule has 116 valence electrons. The summed E-state index contributed by atoms with van der Waals surface area (Å²) in [6, 6.07) is 10.2. The molecule has 0 spiro atoms. The van der Waals surface area contributed by atoms with Crippen LogP contribution in [0.4, 0.5) is 11.4 Å². The first-order valence-corrected chi connectivity index (χ1v) is 7.83. The normalized spacial score (nSPS) is 17.1. The molecule has 1 heterocycles. The van der Waals surface area contributed by atoms with Crippen LogP contribution in [-0.2, 0) is 13.5 Å². The average Bonchev–Trinajstić information content (AvgIpc) is 2.55. The number of anilines is 2. The van der Waals surface area contributed by atoms with Gasteiger partial charge in [0.05, 0.1) is 0 Å². The molecular formula is C18H23N3O. The number of hydrogen-bond acceptors (Lipinski definition) is 3. The average molecular weight is 297 g/mol. The highest BCUT2D eigenvalue weighted by molar-refractivity contribution is 5.63. The number of fused-ring (bicyclic) bond motifs is 1. The van der Waals surface area contributed by atoms with Crippen molar-refractivity contribution in [3.05, 3.63) is 58.0 Å². The lowest BCUT2D eigenvalue weighted by Gasteiger charge is -2.27. The lowest BCUT2D eigenvalue weighted by Crippen LogP contribution is -2.20. The number of aromatic nitrogens is 1. The molecule has 4 heteroatoms. The Kier molecular flexibility index (Phi) is 4.03. The van der Waals surface area contributed by atoms with E-state index in [1.54, 1.807) is 23.9 Å². The van der Waals surface area contributed by atoms with Crippen molar-refractivity contribution < 1.29 is 0 Å². The molecule has 22 heavy (non-hydrogen) atoms. The van der Waals surface area contributed by atoms with E-state index in [1.165, 1.54) is 24.0 Å². The van der Waals surface area contributed by atoms with Crippen LogP contribution in [0.15, 0.2) is 41.3 Å². The quantitative estimate of drug-likeness (QED) is 0.947. The maximum Gasteiger partial charge on any atom is 0.252 e. The second-order valence-electron chi connectivity index (χ2n) is 6.10. The molecule has 1 aliphatic carbocycles. The van der Waals surface area contributed by atoms with Gasteiger partial charge >= 0.3 is 0 Å². The lowest BCUT2D eigenvalue weighted by atomic mass is 9.82. The molecular weight excluding hydrogens is 274 g/mol. The van der Waals surface area contributed by atoms with Crippen molar-refractivity contribution >= 4 is 11.4 Å². The molecule has 3 rings (SSSR count). The topological polar surface area (TPSA) is 51.3 Å². The van der Waals surface area contributed by atoms with Gasteiger partial charge in [0.25, 0.3) is 5.56 Å². The van der Waals surface area contributed by atoms with Gasteiger partial charge in [0, 0.05) is 37.7 Å². The summed E-state index contributed by atoms with van der Waals surface area (Å²) < 4.78 is 1.58. The molecule has 1 aromatic carbocycles. The number of nitrogens with zero attached hydrogens (tertiary/aromatic N) is 2. The monoisotopic (exact) mass is 297 g/mol. The Morgan fingerprint density at radius 3 is 2.77 bits per heavy atom. The van der Waals surface area contributed by atoms with E-state index in [0.29, 0.717) is 5.92 Å². The fourth-order valence-corrected chi connectivity index (χ4v) is 3.25. The summed E-state index contributed by atoms with van der Waals surface area (Å²) in [5, 5.41) is 0. The highest BCUT2D eigenvalue weighted by Crippen LogP contribution is 2.34. The van der Waals surface area contributed by atoms with Gasteiger partial charge in [-0.05, 0) is 61.1 Å². The van der Waals surface area contributed by atoms with Crippen molar-refractivity contribution in [1.82, 2.24) is 4.57 Å². The Morgan fingerprint density at radius 2 is 2.05 bits per heavy atom. The fraction of sp³-hybridized carbons (Fsp3) is 0.389. The molecule has 2 N–H and O–H groups in total. The van der Waals surface area contributed by atoms with Crippen molar-refractivity contribution in [2.24, 2.45) is 12.8 Å². The number of nitrogens with two attached hydrogens (primary N) is 1. The highest BCUT2D eigenvalue weighted by atomic mass is 16.1. The Labute approximate surface area is 131 Å². The van der Waals surface area contributed by atoms with E-state index in [4.69, 9.17) is 5.73 Å². The van der Waals surface area contributed by atoms with Crippen LogP contribution in [-0.4, -0.2) is 18.2 Å². The van der Waals surface area contributed by atoms with E-state index in [2.05, 4.69) is 23.1 Å². The summed E-state index contributed by atoms with van der Waals surface area (Å²) in [6.07, 6.45) is 5.31. The van der Waals surface area contributed by atoms with E-state index in [-0.39, 0.29) is 5.56 Å². The predicted octanol–water partition coefficient (Wildman–Crippen LogP) is 2.53. The molecule has 0 amide bonds. The van der Waals surface area contributed by atoms with Gasteiger partial charge in [-0.15, -0.1) is 0 Å². The minimum absolute atomic E-state index is 0.00510. The molecule has 4 nitrogen and oxygen atoms in total. The Morgan fingerprint density at radius 1 is 1.27 bits per heavy atom. The zero-order chi connectivity index (χ0) is 15.7. The van der Waals surface area contributed by atoms with E-state index < -0.39 is 0 Å². The zero-order valence-corrected chi connectivity index (χ0v) is 13.2. The largest absolute Gasteiger partial charge is 0.344 e. The molecule has 2 aromatic rings. The molecule has 0 radical (unpaired) electrons. The molecule has 0 unspecified atom stereocenters. The van der Waals surface area contributed by atoms with Gasteiger partial charge < -0.3 is 15.2 Å². The fourth-order valence-electron chi connectivity index (χ4n) is 3.25. The van der Waals surface area contributed by atoms with Crippen molar-refractivity contribution in [3.8, 4) is 0 Å². The lowest BCUT2D eigenvalue weighted by molar-refractivity contribution is 0.561. The summed E-state index contributed by atoms with van der Waals surface area (Å²) in [5.41, 5.74) is 10.7. The first-order chi connectivity index (χ1) is 10.6. The summed E-state index contributed by atoms with van der Waals surface area (Å²) in [4.78, 5) is 13.9. The number of hydrogen-bond donors (Lipinski definition) is 1. The van der Waals surface area contributed by atoms with Crippen LogP contribution >= 0.6 is 0 Å². The van der Waals surface area contributed by atoms with Crippen LogP contribution in [0, 0.1) is 0 Å².